The Kier molecular flexibility index (Phi) is 6.36. The molecule has 1 aromatic carbocycles. The van der Waals surface area contributed by atoms with Gasteiger partial charge in [-0.05, 0) is 25.1 Å². The maximum atomic E-state index is 5.63. The number of ether oxygens (including phenoxy) is 1. The number of benzene rings is 1. The zero-order valence-electron chi connectivity index (χ0n) is 13.2. The van der Waals surface area contributed by atoms with Crippen LogP contribution in [0, 0.1) is 0 Å². The summed E-state index contributed by atoms with van der Waals surface area (Å²) in [5.41, 5.74) is 1.12. The molecule has 0 aliphatic heterocycles. The van der Waals surface area contributed by atoms with Crippen LogP contribution in [0.4, 0.5) is 0 Å². The van der Waals surface area contributed by atoms with E-state index in [1.165, 1.54) is 0 Å². The monoisotopic (exact) mass is 300 g/mol. The summed E-state index contributed by atoms with van der Waals surface area (Å²) < 4.78 is 7.76. The van der Waals surface area contributed by atoms with Crippen molar-refractivity contribution < 1.29 is 4.74 Å². The first-order valence-electron chi connectivity index (χ1n) is 7.59. The van der Waals surface area contributed by atoms with Crippen LogP contribution in [0.5, 0.6) is 5.75 Å². The van der Waals surface area contributed by atoms with Crippen LogP contribution in [-0.4, -0.2) is 30.7 Å². The molecule has 5 nitrogen and oxygen atoms in total. The lowest BCUT2D eigenvalue weighted by Gasteiger charge is -2.14. The van der Waals surface area contributed by atoms with Gasteiger partial charge in [0.05, 0.1) is 6.61 Å². The molecule has 0 spiro atoms. The summed E-state index contributed by atoms with van der Waals surface area (Å²) in [5, 5.41) is 6.62. The average Bonchev–Trinajstić information content (AvgIpc) is 3.05. The summed E-state index contributed by atoms with van der Waals surface area (Å²) in [6, 6.07) is 12.1. The molecule has 22 heavy (non-hydrogen) atoms. The second-order valence-corrected chi connectivity index (χ2v) is 4.81. The Balaban J connectivity index is 1.81. The summed E-state index contributed by atoms with van der Waals surface area (Å²) in [6.45, 7) is 5.07. The van der Waals surface area contributed by atoms with Gasteiger partial charge in [0.2, 0.25) is 0 Å². The zero-order valence-corrected chi connectivity index (χ0v) is 13.2. The Labute approximate surface area is 132 Å². The highest BCUT2D eigenvalue weighted by Gasteiger charge is 2.03. The third kappa shape index (κ3) is 4.84. The van der Waals surface area contributed by atoms with E-state index in [9.17, 15) is 0 Å². The van der Waals surface area contributed by atoms with Gasteiger partial charge in [-0.3, -0.25) is 4.99 Å². The standard InChI is InChI=1S/C17H24N4O/c1-3-22-16-9-5-4-8-15(16)14-20-17(18-2)19-10-13-21-11-6-7-12-21/h4-9,11-12H,3,10,13-14H2,1-2H3,(H2,18,19,20). The number of nitrogens with zero attached hydrogens (tertiary/aromatic N) is 2. The van der Waals surface area contributed by atoms with E-state index in [1.807, 2.05) is 37.3 Å². The smallest absolute Gasteiger partial charge is 0.191 e. The third-order valence-corrected chi connectivity index (χ3v) is 3.27. The van der Waals surface area contributed by atoms with Crippen LogP contribution in [0.2, 0.25) is 0 Å². The molecule has 118 valence electrons. The number of nitrogens with one attached hydrogen (secondary N) is 2. The minimum absolute atomic E-state index is 0.668. The van der Waals surface area contributed by atoms with Gasteiger partial charge in [-0.2, -0.15) is 0 Å². The van der Waals surface area contributed by atoms with Crippen molar-refractivity contribution in [2.24, 2.45) is 4.99 Å². The van der Waals surface area contributed by atoms with E-state index in [2.05, 4.69) is 38.7 Å². The Bertz CT molecular complexity index is 578. The number of para-hydroxylation sites is 1. The van der Waals surface area contributed by atoms with E-state index in [0.29, 0.717) is 13.2 Å². The van der Waals surface area contributed by atoms with Gasteiger partial charge in [0.15, 0.2) is 5.96 Å². The first-order chi connectivity index (χ1) is 10.8. The van der Waals surface area contributed by atoms with Crippen molar-refractivity contribution in [2.75, 3.05) is 20.2 Å². The molecule has 0 saturated heterocycles. The summed E-state index contributed by atoms with van der Waals surface area (Å²) in [7, 11) is 1.78. The first kappa shape index (κ1) is 15.9. The molecule has 0 amide bonds. The molecule has 2 N–H and O–H groups in total. The van der Waals surface area contributed by atoms with E-state index >= 15 is 0 Å². The van der Waals surface area contributed by atoms with Gasteiger partial charge < -0.3 is 19.9 Å². The lowest BCUT2D eigenvalue weighted by molar-refractivity contribution is 0.336. The molecule has 0 radical (unpaired) electrons. The van der Waals surface area contributed by atoms with Crippen LogP contribution in [0.1, 0.15) is 12.5 Å². The topological polar surface area (TPSA) is 50.6 Å². The molecule has 1 aromatic heterocycles. The molecule has 2 aromatic rings. The van der Waals surface area contributed by atoms with Crippen molar-refractivity contribution in [3.63, 3.8) is 0 Å². The molecule has 0 fully saturated rings. The van der Waals surface area contributed by atoms with Crippen LogP contribution in [0.3, 0.4) is 0 Å². The average molecular weight is 300 g/mol. The molecule has 0 atom stereocenters. The van der Waals surface area contributed by atoms with Gasteiger partial charge in [-0.25, -0.2) is 0 Å². The molecule has 5 heteroatoms. The second-order valence-electron chi connectivity index (χ2n) is 4.81. The third-order valence-electron chi connectivity index (χ3n) is 3.27. The molecule has 0 bridgehead atoms. The lowest BCUT2D eigenvalue weighted by Crippen LogP contribution is -2.38. The quantitative estimate of drug-likeness (QED) is 0.609. The highest BCUT2D eigenvalue weighted by atomic mass is 16.5. The van der Waals surface area contributed by atoms with Gasteiger partial charge in [-0.1, -0.05) is 18.2 Å². The fourth-order valence-corrected chi connectivity index (χ4v) is 2.17. The van der Waals surface area contributed by atoms with Crippen LogP contribution in [0.25, 0.3) is 0 Å². The SMILES string of the molecule is CCOc1ccccc1CNC(=NC)NCCn1cccc1. The highest BCUT2D eigenvalue weighted by Crippen LogP contribution is 2.17. The molecular weight excluding hydrogens is 276 g/mol. The largest absolute Gasteiger partial charge is 0.494 e. The maximum Gasteiger partial charge on any atom is 0.191 e. The van der Waals surface area contributed by atoms with Crippen LogP contribution >= 0.6 is 0 Å². The minimum Gasteiger partial charge on any atom is -0.494 e. The van der Waals surface area contributed by atoms with Crippen molar-refractivity contribution in [1.82, 2.24) is 15.2 Å². The number of aliphatic imine (C=N–C) groups is 1. The molecular formula is C17H24N4O. The van der Waals surface area contributed by atoms with E-state index in [1.54, 1.807) is 7.05 Å². The number of aromatic nitrogens is 1. The maximum absolute atomic E-state index is 5.63. The van der Waals surface area contributed by atoms with Gasteiger partial charge in [0.25, 0.3) is 0 Å². The summed E-state index contributed by atoms with van der Waals surface area (Å²) in [6.07, 6.45) is 4.10. The van der Waals surface area contributed by atoms with Gasteiger partial charge in [-0.15, -0.1) is 0 Å². The number of guanidine groups is 1. The molecule has 2 rings (SSSR count). The van der Waals surface area contributed by atoms with Gasteiger partial charge >= 0.3 is 0 Å². The fourth-order valence-electron chi connectivity index (χ4n) is 2.17. The Morgan fingerprint density at radius 2 is 1.91 bits per heavy atom. The normalized spacial score (nSPS) is 11.3. The number of hydrogen-bond donors (Lipinski definition) is 2. The summed E-state index contributed by atoms with van der Waals surface area (Å²) in [4.78, 5) is 4.24. The number of rotatable bonds is 7. The number of hydrogen-bond acceptors (Lipinski definition) is 2. The minimum atomic E-state index is 0.668. The van der Waals surface area contributed by atoms with Crippen molar-refractivity contribution >= 4 is 5.96 Å². The molecule has 1 heterocycles. The van der Waals surface area contributed by atoms with E-state index in [-0.39, 0.29) is 0 Å². The molecule has 0 aliphatic carbocycles. The van der Waals surface area contributed by atoms with Crippen LogP contribution in [-0.2, 0) is 13.1 Å². The lowest BCUT2D eigenvalue weighted by atomic mass is 10.2. The van der Waals surface area contributed by atoms with E-state index in [4.69, 9.17) is 4.74 Å². The second kappa shape index (κ2) is 8.77. The predicted molar refractivity (Wildman–Crippen MR) is 90.2 cm³/mol. The van der Waals surface area contributed by atoms with Crippen LogP contribution < -0.4 is 15.4 Å². The van der Waals surface area contributed by atoms with E-state index in [0.717, 1.165) is 30.4 Å². The van der Waals surface area contributed by atoms with Crippen molar-refractivity contribution in [1.29, 1.82) is 0 Å². The van der Waals surface area contributed by atoms with Crippen molar-refractivity contribution in [3.8, 4) is 5.75 Å². The summed E-state index contributed by atoms with van der Waals surface area (Å²) in [5.74, 6) is 1.71. The van der Waals surface area contributed by atoms with E-state index < -0.39 is 0 Å². The fraction of sp³-hybridized carbons (Fsp3) is 0.353. The Morgan fingerprint density at radius 3 is 2.64 bits per heavy atom. The van der Waals surface area contributed by atoms with Crippen LogP contribution in [0.15, 0.2) is 53.8 Å². The summed E-state index contributed by atoms with van der Waals surface area (Å²) >= 11 is 0. The first-order valence-corrected chi connectivity index (χ1v) is 7.59. The van der Waals surface area contributed by atoms with Gasteiger partial charge in [0.1, 0.15) is 5.75 Å². The molecule has 0 aliphatic rings. The van der Waals surface area contributed by atoms with Crippen molar-refractivity contribution in [2.45, 2.75) is 20.0 Å². The zero-order chi connectivity index (χ0) is 15.6. The van der Waals surface area contributed by atoms with Crippen molar-refractivity contribution in [3.05, 3.63) is 54.4 Å². The Morgan fingerprint density at radius 1 is 1.14 bits per heavy atom. The molecule has 0 unspecified atom stereocenters. The Hall–Kier alpha value is -2.43. The molecule has 0 saturated carbocycles. The predicted octanol–water partition coefficient (Wildman–Crippen LogP) is 2.25. The van der Waals surface area contributed by atoms with Gasteiger partial charge in [0, 0.05) is 44.6 Å². The highest BCUT2D eigenvalue weighted by molar-refractivity contribution is 5.79.